The fourth-order valence-electron chi connectivity index (χ4n) is 2.07. The molecule has 0 radical (unpaired) electrons. The van der Waals surface area contributed by atoms with Crippen LogP contribution in [-0.2, 0) is 0 Å². The van der Waals surface area contributed by atoms with Gasteiger partial charge >= 0.3 is 5.97 Å². The summed E-state index contributed by atoms with van der Waals surface area (Å²) in [6.45, 7) is 4.38. The van der Waals surface area contributed by atoms with E-state index >= 15 is 0 Å². The summed E-state index contributed by atoms with van der Waals surface area (Å²) in [5, 5.41) is 9.07. The summed E-state index contributed by atoms with van der Waals surface area (Å²) < 4.78 is 2.92. The Kier molecular flexibility index (Phi) is 2.56. The van der Waals surface area contributed by atoms with E-state index in [4.69, 9.17) is 5.11 Å². The zero-order valence-electron chi connectivity index (χ0n) is 8.83. The molecule has 15 heavy (non-hydrogen) atoms. The summed E-state index contributed by atoms with van der Waals surface area (Å²) in [5.74, 6) is -0.830. The highest BCUT2D eigenvalue weighted by Crippen LogP contribution is 2.58. The smallest absolute Gasteiger partial charge is 0.352 e. The van der Waals surface area contributed by atoms with Gasteiger partial charge in [0.2, 0.25) is 0 Å². The highest BCUT2D eigenvalue weighted by Gasteiger charge is 2.50. The number of carbonyl (C=O) groups is 1. The molecule has 3 nitrogen and oxygen atoms in total. The second-order valence-corrected chi connectivity index (χ2v) is 5.73. The first-order valence-electron chi connectivity index (χ1n) is 5.08. The van der Waals surface area contributed by atoms with Crippen molar-refractivity contribution >= 4 is 28.6 Å². The fraction of sp³-hybridized carbons (Fsp3) is 0.545. The van der Waals surface area contributed by atoms with E-state index in [0.717, 1.165) is 16.4 Å². The molecule has 1 fully saturated rings. The summed E-state index contributed by atoms with van der Waals surface area (Å²) in [6, 6.07) is 2.11. The maximum absolute atomic E-state index is 11.0. The molecule has 1 heterocycles. The molecule has 82 valence electrons. The molecule has 1 aliphatic rings. The van der Waals surface area contributed by atoms with E-state index in [2.05, 4.69) is 36.4 Å². The molecular weight excluding hydrogens is 305 g/mol. The third-order valence-corrected chi connectivity index (χ3v) is 4.07. The molecule has 2 unspecified atom stereocenters. The molecule has 1 aromatic rings. The third-order valence-electron chi connectivity index (χ3n) is 3.48. The van der Waals surface area contributed by atoms with E-state index in [1.54, 1.807) is 6.07 Å². The maximum Gasteiger partial charge on any atom is 0.352 e. The van der Waals surface area contributed by atoms with Gasteiger partial charge in [0.25, 0.3) is 0 Å². The Morgan fingerprint density at radius 2 is 2.47 bits per heavy atom. The Morgan fingerprint density at radius 3 is 2.93 bits per heavy atom. The second kappa shape index (κ2) is 3.50. The molecular formula is C11H14INO2. The average Bonchev–Trinajstić information content (AvgIpc) is 2.68. The van der Waals surface area contributed by atoms with Gasteiger partial charge in [0.1, 0.15) is 5.69 Å². The first-order chi connectivity index (χ1) is 6.98. The molecule has 1 saturated carbocycles. The van der Waals surface area contributed by atoms with Crippen molar-refractivity contribution in [2.45, 2.75) is 32.7 Å². The predicted octanol–water partition coefficient (Wildman–Crippen LogP) is 3.15. The van der Waals surface area contributed by atoms with Crippen LogP contribution >= 0.6 is 22.6 Å². The topological polar surface area (TPSA) is 42.2 Å². The van der Waals surface area contributed by atoms with Crippen molar-refractivity contribution in [2.75, 3.05) is 0 Å². The van der Waals surface area contributed by atoms with Crippen molar-refractivity contribution in [3.05, 3.63) is 21.5 Å². The molecule has 0 aliphatic heterocycles. The molecule has 0 amide bonds. The quantitative estimate of drug-likeness (QED) is 0.870. The van der Waals surface area contributed by atoms with Crippen molar-refractivity contribution in [2.24, 2.45) is 5.41 Å². The van der Waals surface area contributed by atoms with Gasteiger partial charge in [0.15, 0.2) is 0 Å². The number of hydrogen-bond donors (Lipinski definition) is 1. The van der Waals surface area contributed by atoms with E-state index in [1.807, 2.05) is 10.8 Å². The van der Waals surface area contributed by atoms with Gasteiger partial charge in [-0.2, -0.15) is 0 Å². The summed E-state index contributed by atoms with van der Waals surface area (Å²) in [5.41, 5.74) is 0.716. The zero-order valence-corrected chi connectivity index (χ0v) is 11.0. The van der Waals surface area contributed by atoms with Crippen LogP contribution in [-0.4, -0.2) is 15.6 Å². The van der Waals surface area contributed by atoms with Crippen LogP contribution < -0.4 is 0 Å². The molecule has 1 aliphatic carbocycles. The second-order valence-electron chi connectivity index (χ2n) is 4.48. The van der Waals surface area contributed by atoms with Crippen LogP contribution in [0.15, 0.2) is 12.3 Å². The van der Waals surface area contributed by atoms with Gasteiger partial charge in [0.05, 0.1) is 0 Å². The molecule has 0 aromatic carbocycles. The van der Waals surface area contributed by atoms with Crippen LogP contribution in [0, 0.1) is 8.99 Å². The Labute approximate surface area is 103 Å². The van der Waals surface area contributed by atoms with Crippen LogP contribution in [0.1, 0.15) is 43.2 Å². The van der Waals surface area contributed by atoms with Gasteiger partial charge < -0.3 is 9.67 Å². The summed E-state index contributed by atoms with van der Waals surface area (Å²) in [6.07, 6.45) is 4.13. The van der Waals surface area contributed by atoms with Crippen molar-refractivity contribution in [3.8, 4) is 0 Å². The van der Waals surface area contributed by atoms with Gasteiger partial charge in [0, 0.05) is 15.8 Å². The van der Waals surface area contributed by atoms with Crippen molar-refractivity contribution in [3.63, 3.8) is 0 Å². The largest absolute Gasteiger partial charge is 0.477 e. The van der Waals surface area contributed by atoms with E-state index < -0.39 is 5.97 Å². The van der Waals surface area contributed by atoms with E-state index in [1.165, 1.54) is 0 Å². The Morgan fingerprint density at radius 1 is 1.80 bits per heavy atom. The van der Waals surface area contributed by atoms with E-state index in [0.29, 0.717) is 17.2 Å². The number of aromatic nitrogens is 1. The molecule has 2 atom stereocenters. The first-order valence-corrected chi connectivity index (χ1v) is 6.16. The number of hydrogen-bond acceptors (Lipinski definition) is 1. The normalized spacial score (nSPS) is 29.1. The SMILES string of the molecule is CCC1(C)CC1n1cc(I)cc1C(=O)O. The van der Waals surface area contributed by atoms with Crippen LogP contribution in [0.25, 0.3) is 0 Å². The van der Waals surface area contributed by atoms with Crippen LogP contribution in [0.4, 0.5) is 0 Å². The molecule has 2 rings (SSSR count). The molecule has 1 N–H and O–H groups in total. The fourth-order valence-corrected chi connectivity index (χ4v) is 2.67. The monoisotopic (exact) mass is 319 g/mol. The van der Waals surface area contributed by atoms with Gasteiger partial charge in [-0.3, -0.25) is 0 Å². The van der Waals surface area contributed by atoms with E-state index in [9.17, 15) is 4.79 Å². The van der Waals surface area contributed by atoms with Crippen LogP contribution in [0.5, 0.6) is 0 Å². The first kappa shape index (κ1) is 11.0. The van der Waals surface area contributed by atoms with Crippen molar-refractivity contribution < 1.29 is 9.90 Å². The van der Waals surface area contributed by atoms with Crippen LogP contribution in [0.2, 0.25) is 0 Å². The minimum atomic E-state index is -0.830. The predicted molar refractivity (Wildman–Crippen MR) is 66.2 cm³/mol. The number of rotatable bonds is 3. The van der Waals surface area contributed by atoms with E-state index in [-0.39, 0.29) is 0 Å². The summed E-state index contributed by atoms with van der Waals surface area (Å²) in [7, 11) is 0. The number of halogens is 1. The van der Waals surface area contributed by atoms with Gasteiger partial charge in [-0.1, -0.05) is 13.8 Å². The lowest BCUT2D eigenvalue weighted by atomic mass is 10.1. The lowest BCUT2D eigenvalue weighted by Gasteiger charge is -2.10. The van der Waals surface area contributed by atoms with Gasteiger partial charge in [-0.15, -0.1) is 0 Å². The maximum atomic E-state index is 11.0. The van der Waals surface area contributed by atoms with Gasteiger partial charge in [-0.25, -0.2) is 4.79 Å². The Balaban J connectivity index is 2.34. The van der Waals surface area contributed by atoms with Crippen LogP contribution in [0.3, 0.4) is 0 Å². The standard InChI is InChI=1S/C11H14INO2/c1-3-11(2)5-9(11)13-6-7(12)4-8(13)10(14)15/h4,6,9H,3,5H2,1-2H3,(H,14,15). The molecule has 4 heteroatoms. The number of carboxylic acids is 1. The highest BCUT2D eigenvalue weighted by molar-refractivity contribution is 14.1. The molecule has 0 bridgehead atoms. The summed E-state index contributed by atoms with van der Waals surface area (Å²) >= 11 is 2.16. The minimum Gasteiger partial charge on any atom is -0.477 e. The summed E-state index contributed by atoms with van der Waals surface area (Å²) in [4.78, 5) is 11.0. The van der Waals surface area contributed by atoms with Gasteiger partial charge in [-0.05, 0) is 46.9 Å². The molecule has 0 saturated heterocycles. The molecule has 1 aromatic heterocycles. The Bertz CT molecular complexity index is 413. The average molecular weight is 319 g/mol. The molecule has 0 spiro atoms. The minimum absolute atomic E-state index is 0.298. The highest BCUT2D eigenvalue weighted by atomic mass is 127. The van der Waals surface area contributed by atoms with Crippen molar-refractivity contribution in [1.29, 1.82) is 0 Å². The number of nitrogens with zero attached hydrogens (tertiary/aromatic N) is 1. The van der Waals surface area contributed by atoms with Crippen molar-refractivity contribution in [1.82, 2.24) is 4.57 Å². The zero-order chi connectivity index (χ0) is 11.2. The third kappa shape index (κ3) is 1.79. The number of carboxylic acid groups (broad SMARTS) is 1. The lowest BCUT2D eigenvalue weighted by Crippen LogP contribution is -2.09. The Hall–Kier alpha value is -0.520. The lowest BCUT2D eigenvalue weighted by molar-refractivity contribution is 0.0684. The number of aromatic carboxylic acids is 1.